The molecule has 290 valence electrons. The Bertz CT molecular complexity index is 3610. The third-order valence-electron chi connectivity index (χ3n) is 12.4. The van der Waals surface area contributed by atoms with E-state index < -0.39 is 0 Å². The van der Waals surface area contributed by atoms with E-state index in [0.717, 1.165) is 55.7 Å². The third kappa shape index (κ3) is 5.96. The van der Waals surface area contributed by atoms with Gasteiger partial charge in [0.1, 0.15) is 5.58 Å². The Labute approximate surface area is 360 Å². The van der Waals surface area contributed by atoms with Crippen molar-refractivity contribution in [1.29, 1.82) is 0 Å². The number of nitrogens with zero attached hydrogens (tertiary/aromatic N) is 1. The van der Waals surface area contributed by atoms with Crippen molar-refractivity contribution in [2.45, 2.75) is 0 Å². The minimum atomic E-state index is 0.844. The molecular weight excluding hydrogens is 751 g/mol. The summed E-state index contributed by atoms with van der Waals surface area (Å²) >= 11 is 0. The molecule has 62 heavy (non-hydrogen) atoms. The number of para-hydroxylation sites is 2. The first-order valence-corrected chi connectivity index (χ1v) is 21.3. The van der Waals surface area contributed by atoms with Crippen LogP contribution in [0.3, 0.4) is 0 Å². The predicted octanol–water partition coefficient (Wildman–Crippen LogP) is 17.2. The van der Waals surface area contributed by atoms with Gasteiger partial charge in [-0.05, 0) is 102 Å². The number of fused-ring (bicyclic) bond motifs is 6. The van der Waals surface area contributed by atoms with Crippen molar-refractivity contribution >= 4 is 71.3 Å². The standard InChI is InChI=1S/C60H39NO/c1-3-16-41(17-4-1)50-27-12-23-44-24-13-28-51(58(44)50)43-34-36-46(37-35-43)61(57-33-15-32-55-54-31-14-29-52(59(54)62-60(55)57)42-18-5-2-6-19-42)47-38-45-21-8-10-26-49(45)56(39-47)53-30-11-22-40-20-7-9-25-48(40)53/h1-39H. The normalized spacial score (nSPS) is 11.5. The molecule has 0 radical (unpaired) electrons. The molecule has 12 rings (SSSR count). The second kappa shape index (κ2) is 14.8. The van der Waals surface area contributed by atoms with Gasteiger partial charge in [-0.25, -0.2) is 0 Å². The highest BCUT2D eigenvalue weighted by Crippen LogP contribution is 2.47. The molecule has 0 fully saturated rings. The second-order valence-electron chi connectivity index (χ2n) is 16.0. The van der Waals surface area contributed by atoms with Crippen LogP contribution in [-0.4, -0.2) is 0 Å². The fourth-order valence-electron chi connectivity index (χ4n) is 9.59. The first kappa shape index (κ1) is 35.7. The van der Waals surface area contributed by atoms with Crippen molar-refractivity contribution in [1.82, 2.24) is 0 Å². The lowest BCUT2D eigenvalue weighted by Crippen LogP contribution is -2.10. The first-order chi connectivity index (χ1) is 30.8. The van der Waals surface area contributed by atoms with Gasteiger partial charge in [-0.3, -0.25) is 0 Å². The molecule has 0 bridgehead atoms. The quantitative estimate of drug-likeness (QED) is 0.160. The van der Waals surface area contributed by atoms with Crippen molar-refractivity contribution in [3.63, 3.8) is 0 Å². The number of hydrogen-bond donors (Lipinski definition) is 0. The van der Waals surface area contributed by atoms with Gasteiger partial charge in [-0.1, -0.05) is 206 Å². The van der Waals surface area contributed by atoms with Gasteiger partial charge in [0.2, 0.25) is 0 Å². The molecule has 2 heteroatoms. The van der Waals surface area contributed by atoms with Gasteiger partial charge in [0.05, 0.1) is 5.69 Å². The third-order valence-corrected chi connectivity index (χ3v) is 12.4. The van der Waals surface area contributed by atoms with E-state index >= 15 is 0 Å². The second-order valence-corrected chi connectivity index (χ2v) is 16.0. The van der Waals surface area contributed by atoms with Crippen LogP contribution >= 0.6 is 0 Å². The highest BCUT2D eigenvalue weighted by atomic mass is 16.3. The van der Waals surface area contributed by atoms with Crippen molar-refractivity contribution in [3.05, 3.63) is 237 Å². The highest BCUT2D eigenvalue weighted by Gasteiger charge is 2.23. The maximum absolute atomic E-state index is 7.11. The molecule has 0 N–H and O–H groups in total. The Morgan fingerprint density at radius 2 is 0.758 bits per heavy atom. The Kier molecular flexibility index (Phi) is 8.53. The maximum Gasteiger partial charge on any atom is 0.159 e. The van der Waals surface area contributed by atoms with Crippen LogP contribution in [0.1, 0.15) is 0 Å². The summed E-state index contributed by atoms with van der Waals surface area (Å²) in [4.78, 5) is 2.39. The van der Waals surface area contributed by atoms with E-state index in [1.807, 2.05) is 0 Å². The van der Waals surface area contributed by atoms with Crippen LogP contribution in [0.2, 0.25) is 0 Å². The predicted molar refractivity (Wildman–Crippen MR) is 263 cm³/mol. The summed E-state index contributed by atoms with van der Waals surface area (Å²) < 4.78 is 7.11. The minimum Gasteiger partial charge on any atom is -0.453 e. The number of benzene rings is 11. The number of hydrogen-bond acceptors (Lipinski definition) is 2. The average Bonchev–Trinajstić information content (AvgIpc) is 3.74. The van der Waals surface area contributed by atoms with Gasteiger partial charge in [-0.15, -0.1) is 0 Å². The number of anilines is 3. The van der Waals surface area contributed by atoms with E-state index in [2.05, 4.69) is 241 Å². The van der Waals surface area contributed by atoms with Gasteiger partial charge in [-0.2, -0.15) is 0 Å². The molecule has 0 aliphatic carbocycles. The van der Waals surface area contributed by atoms with E-state index in [0.29, 0.717) is 0 Å². The lowest BCUT2D eigenvalue weighted by atomic mass is 9.91. The van der Waals surface area contributed by atoms with Crippen molar-refractivity contribution in [2.24, 2.45) is 0 Å². The molecule has 0 aliphatic heterocycles. The summed E-state index contributed by atoms with van der Waals surface area (Å²) in [6, 6.07) is 85.3. The minimum absolute atomic E-state index is 0.844. The summed E-state index contributed by atoms with van der Waals surface area (Å²) in [7, 11) is 0. The van der Waals surface area contributed by atoms with Gasteiger partial charge in [0.15, 0.2) is 5.58 Å². The van der Waals surface area contributed by atoms with Crippen LogP contribution in [0, 0.1) is 0 Å². The molecule has 1 heterocycles. The largest absolute Gasteiger partial charge is 0.453 e. The first-order valence-electron chi connectivity index (χ1n) is 21.3. The summed E-state index contributed by atoms with van der Waals surface area (Å²) in [5, 5.41) is 9.47. The topological polar surface area (TPSA) is 16.4 Å². The Morgan fingerprint density at radius 1 is 0.274 bits per heavy atom. The summed E-state index contributed by atoms with van der Waals surface area (Å²) in [5.74, 6) is 0. The van der Waals surface area contributed by atoms with E-state index in [4.69, 9.17) is 4.42 Å². The molecule has 0 saturated carbocycles. The number of rotatable bonds is 7. The van der Waals surface area contributed by atoms with Crippen molar-refractivity contribution in [3.8, 4) is 44.5 Å². The Hall–Kier alpha value is -8.20. The summed E-state index contributed by atoms with van der Waals surface area (Å²) in [6.45, 7) is 0. The van der Waals surface area contributed by atoms with Crippen molar-refractivity contribution in [2.75, 3.05) is 4.90 Å². The lowest BCUT2D eigenvalue weighted by molar-refractivity contribution is 0.670. The fraction of sp³-hybridized carbons (Fsp3) is 0. The van der Waals surface area contributed by atoms with Gasteiger partial charge < -0.3 is 9.32 Å². The van der Waals surface area contributed by atoms with E-state index in [-0.39, 0.29) is 0 Å². The Morgan fingerprint density at radius 3 is 1.47 bits per heavy atom. The molecular formula is C60H39NO. The zero-order chi connectivity index (χ0) is 41.0. The zero-order valence-corrected chi connectivity index (χ0v) is 33.9. The lowest BCUT2D eigenvalue weighted by Gasteiger charge is -2.27. The van der Waals surface area contributed by atoms with Gasteiger partial charge in [0.25, 0.3) is 0 Å². The molecule has 1 aromatic heterocycles. The monoisotopic (exact) mass is 789 g/mol. The SMILES string of the molecule is c1ccc(-c2cccc3c2oc2c(N(c4ccc(-c5cccc6cccc(-c7ccccc7)c56)cc4)c4cc(-c5cccc6ccccc56)c5ccccc5c4)cccc23)cc1. The summed E-state index contributed by atoms with van der Waals surface area (Å²) in [5.41, 5.74) is 14.2. The fourth-order valence-corrected chi connectivity index (χ4v) is 9.59. The molecule has 11 aromatic carbocycles. The molecule has 0 amide bonds. The summed E-state index contributed by atoms with van der Waals surface area (Å²) in [6.07, 6.45) is 0. The molecule has 2 nitrogen and oxygen atoms in total. The molecule has 12 aromatic rings. The molecule has 0 saturated heterocycles. The van der Waals surface area contributed by atoms with Crippen LogP contribution in [-0.2, 0) is 0 Å². The van der Waals surface area contributed by atoms with Crippen molar-refractivity contribution < 1.29 is 4.42 Å². The molecule has 0 spiro atoms. The Balaban J connectivity index is 1.10. The van der Waals surface area contributed by atoms with Crippen LogP contribution < -0.4 is 4.90 Å². The number of furan rings is 1. The maximum atomic E-state index is 7.11. The molecule has 0 atom stereocenters. The van der Waals surface area contributed by atoms with Gasteiger partial charge >= 0.3 is 0 Å². The smallest absolute Gasteiger partial charge is 0.159 e. The molecule has 0 unspecified atom stereocenters. The zero-order valence-electron chi connectivity index (χ0n) is 33.9. The average molecular weight is 790 g/mol. The van der Waals surface area contributed by atoms with Crippen LogP contribution in [0.25, 0.3) is 98.8 Å². The van der Waals surface area contributed by atoms with Crippen LogP contribution in [0.5, 0.6) is 0 Å². The van der Waals surface area contributed by atoms with E-state index in [9.17, 15) is 0 Å². The van der Waals surface area contributed by atoms with Crippen LogP contribution in [0.15, 0.2) is 241 Å². The van der Waals surface area contributed by atoms with E-state index in [1.165, 1.54) is 60.1 Å². The molecule has 0 aliphatic rings. The van der Waals surface area contributed by atoms with Crippen LogP contribution in [0.4, 0.5) is 17.1 Å². The van der Waals surface area contributed by atoms with Gasteiger partial charge in [0, 0.05) is 27.7 Å². The van der Waals surface area contributed by atoms with E-state index in [1.54, 1.807) is 0 Å². The highest BCUT2D eigenvalue weighted by molar-refractivity contribution is 6.15.